The van der Waals surface area contributed by atoms with Gasteiger partial charge >= 0.3 is 0 Å². The van der Waals surface area contributed by atoms with Crippen LogP contribution < -0.4 is 10.6 Å². The van der Waals surface area contributed by atoms with E-state index in [9.17, 15) is 4.79 Å². The zero-order chi connectivity index (χ0) is 14.4. The van der Waals surface area contributed by atoms with Crippen LogP contribution in [0.5, 0.6) is 0 Å². The maximum atomic E-state index is 11.9. The van der Waals surface area contributed by atoms with Crippen molar-refractivity contribution < 1.29 is 4.79 Å². The number of hydrogen-bond acceptors (Lipinski definition) is 2. The van der Waals surface area contributed by atoms with Gasteiger partial charge in [-0.05, 0) is 62.9 Å². The number of carbonyl (C=O) groups excluding carboxylic acids is 1. The van der Waals surface area contributed by atoms with E-state index in [1.807, 2.05) is 12.1 Å². The molecule has 5 heteroatoms. The van der Waals surface area contributed by atoms with Gasteiger partial charge in [-0.1, -0.05) is 28.1 Å². The van der Waals surface area contributed by atoms with E-state index < -0.39 is 0 Å². The minimum Gasteiger partial charge on any atom is -0.353 e. The lowest BCUT2D eigenvalue weighted by molar-refractivity contribution is -0.121. The molecule has 0 saturated carbocycles. The number of amides is 1. The van der Waals surface area contributed by atoms with Crippen molar-refractivity contribution >= 4 is 34.2 Å². The SMILES string of the molecule is CC(Cc1cccc(Br)c1)NC(=O)CCC1CCNC1.Cl. The van der Waals surface area contributed by atoms with Gasteiger partial charge in [-0.25, -0.2) is 0 Å². The molecule has 118 valence electrons. The Kier molecular flexibility index (Phi) is 8.30. The molecule has 1 aliphatic rings. The van der Waals surface area contributed by atoms with E-state index in [1.54, 1.807) is 0 Å². The zero-order valence-corrected chi connectivity index (χ0v) is 14.8. The molecule has 0 radical (unpaired) electrons. The lowest BCUT2D eigenvalue weighted by atomic mass is 10.0. The summed E-state index contributed by atoms with van der Waals surface area (Å²) >= 11 is 3.47. The van der Waals surface area contributed by atoms with Crippen LogP contribution in [0.3, 0.4) is 0 Å². The maximum absolute atomic E-state index is 11.9. The Morgan fingerprint density at radius 2 is 2.33 bits per heavy atom. The van der Waals surface area contributed by atoms with Crippen LogP contribution in [-0.4, -0.2) is 25.0 Å². The third-order valence-electron chi connectivity index (χ3n) is 3.78. The summed E-state index contributed by atoms with van der Waals surface area (Å²) in [5.41, 5.74) is 1.24. The molecule has 0 spiro atoms. The predicted octanol–water partition coefficient (Wildman–Crippen LogP) is 3.31. The van der Waals surface area contributed by atoms with Crippen molar-refractivity contribution in [2.75, 3.05) is 13.1 Å². The first-order valence-corrected chi connectivity index (χ1v) is 8.17. The van der Waals surface area contributed by atoms with Crippen molar-refractivity contribution in [3.63, 3.8) is 0 Å². The molecule has 1 heterocycles. The number of halogens is 2. The summed E-state index contributed by atoms with van der Waals surface area (Å²) < 4.78 is 1.09. The summed E-state index contributed by atoms with van der Waals surface area (Å²) in [7, 11) is 0. The van der Waals surface area contributed by atoms with Crippen LogP contribution in [0, 0.1) is 5.92 Å². The molecular formula is C16H24BrClN2O. The van der Waals surface area contributed by atoms with Crippen molar-refractivity contribution in [1.82, 2.24) is 10.6 Å². The summed E-state index contributed by atoms with van der Waals surface area (Å²) in [6.07, 6.45) is 3.73. The molecule has 1 fully saturated rings. The monoisotopic (exact) mass is 374 g/mol. The highest BCUT2D eigenvalue weighted by Gasteiger charge is 2.16. The Bertz CT molecular complexity index is 450. The van der Waals surface area contributed by atoms with E-state index >= 15 is 0 Å². The molecule has 0 aromatic heterocycles. The summed E-state index contributed by atoms with van der Waals surface area (Å²) in [5, 5.41) is 6.44. The molecule has 1 aromatic rings. The summed E-state index contributed by atoms with van der Waals surface area (Å²) in [6.45, 7) is 4.24. The van der Waals surface area contributed by atoms with Crippen LogP contribution in [0.4, 0.5) is 0 Å². The topological polar surface area (TPSA) is 41.1 Å². The first-order chi connectivity index (χ1) is 9.63. The van der Waals surface area contributed by atoms with Crippen molar-refractivity contribution in [2.45, 2.75) is 38.6 Å². The summed E-state index contributed by atoms with van der Waals surface area (Å²) in [5.74, 6) is 0.862. The highest BCUT2D eigenvalue weighted by atomic mass is 79.9. The molecule has 21 heavy (non-hydrogen) atoms. The highest BCUT2D eigenvalue weighted by Crippen LogP contribution is 2.15. The van der Waals surface area contributed by atoms with Gasteiger partial charge in [0, 0.05) is 16.9 Å². The second-order valence-electron chi connectivity index (χ2n) is 5.70. The molecule has 1 aromatic carbocycles. The number of benzene rings is 1. The first kappa shape index (κ1) is 18.5. The Balaban J connectivity index is 0.00000220. The smallest absolute Gasteiger partial charge is 0.220 e. The minimum absolute atomic E-state index is 0. The average molecular weight is 376 g/mol. The van der Waals surface area contributed by atoms with E-state index in [0.29, 0.717) is 12.3 Å². The second kappa shape index (κ2) is 9.44. The van der Waals surface area contributed by atoms with E-state index in [2.05, 4.69) is 45.6 Å². The van der Waals surface area contributed by atoms with E-state index in [-0.39, 0.29) is 24.4 Å². The lowest BCUT2D eigenvalue weighted by Gasteiger charge is -2.15. The summed E-state index contributed by atoms with van der Waals surface area (Å²) in [4.78, 5) is 11.9. The molecule has 1 aliphatic heterocycles. The van der Waals surface area contributed by atoms with Crippen molar-refractivity contribution in [1.29, 1.82) is 0 Å². The number of carbonyl (C=O) groups is 1. The van der Waals surface area contributed by atoms with Crippen molar-refractivity contribution in [3.8, 4) is 0 Å². The van der Waals surface area contributed by atoms with Gasteiger partial charge in [-0.3, -0.25) is 4.79 Å². The van der Waals surface area contributed by atoms with Gasteiger partial charge in [0.1, 0.15) is 0 Å². The van der Waals surface area contributed by atoms with Crippen LogP contribution in [-0.2, 0) is 11.2 Å². The Morgan fingerprint density at radius 3 is 3.00 bits per heavy atom. The molecule has 2 N–H and O–H groups in total. The Morgan fingerprint density at radius 1 is 1.52 bits per heavy atom. The third-order valence-corrected chi connectivity index (χ3v) is 4.27. The second-order valence-corrected chi connectivity index (χ2v) is 6.62. The third kappa shape index (κ3) is 6.81. The Hall–Kier alpha value is -0.580. The van der Waals surface area contributed by atoms with Gasteiger partial charge in [-0.15, -0.1) is 12.4 Å². The first-order valence-electron chi connectivity index (χ1n) is 7.38. The molecule has 0 aliphatic carbocycles. The highest BCUT2D eigenvalue weighted by molar-refractivity contribution is 9.10. The number of hydrogen-bond donors (Lipinski definition) is 2. The quantitative estimate of drug-likeness (QED) is 0.801. The molecular weight excluding hydrogens is 352 g/mol. The van der Waals surface area contributed by atoms with Gasteiger partial charge in [0.25, 0.3) is 0 Å². The lowest BCUT2D eigenvalue weighted by Crippen LogP contribution is -2.34. The van der Waals surface area contributed by atoms with Crippen LogP contribution in [0.15, 0.2) is 28.7 Å². The van der Waals surface area contributed by atoms with Gasteiger partial charge in [-0.2, -0.15) is 0 Å². The molecule has 2 rings (SSSR count). The van der Waals surface area contributed by atoms with Crippen molar-refractivity contribution in [2.24, 2.45) is 5.92 Å². The molecule has 0 bridgehead atoms. The molecule has 1 amide bonds. The van der Waals surface area contributed by atoms with E-state index in [0.717, 1.165) is 30.4 Å². The Labute approximate surface area is 141 Å². The van der Waals surface area contributed by atoms with Crippen LogP contribution in [0.25, 0.3) is 0 Å². The average Bonchev–Trinajstić information content (AvgIpc) is 2.89. The summed E-state index contributed by atoms with van der Waals surface area (Å²) in [6, 6.07) is 8.42. The van der Waals surface area contributed by atoms with E-state index in [4.69, 9.17) is 0 Å². The molecule has 1 saturated heterocycles. The van der Waals surface area contributed by atoms with Crippen LogP contribution >= 0.6 is 28.3 Å². The zero-order valence-electron chi connectivity index (χ0n) is 12.4. The van der Waals surface area contributed by atoms with Crippen LogP contribution in [0.1, 0.15) is 31.7 Å². The standard InChI is InChI=1S/C16H23BrN2O.ClH/c1-12(9-14-3-2-4-15(17)10-14)19-16(20)6-5-13-7-8-18-11-13;/h2-4,10,12-13,18H,5-9,11H2,1H3,(H,19,20);1H. The van der Waals surface area contributed by atoms with Gasteiger partial charge in [0.15, 0.2) is 0 Å². The van der Waals surface area contributed by atoms with Gasteiger partial charge < -0.3 is 10.6 Å². The fourth-order valence-electron chi connectivity index (χ4n) is 2.71. The fourth-order valence-corrected chi connectivity index (χ4v) is 3.16. The minimum atomic E-state index is 0. The molecule has 3 nitrogen and oxygen atoms in total. The largest absolute Gasteiger partial charge is 0.353 e. The molecule has 2 unspecified atom stereocenters. The van der Waals surface area contributed by atoms with Crippen molar-refractivity contribution in [3.05, 3.63) is 34.3 Å². The fraction of sp³-hybridized carbons (Fsp3) is 0.562. The van der Waals surface area contributed by atoms with Gasteiger partial charge in [0.2, 0.25) is 5.91 Å². The maximum Gasteiger partial charge on any atom is 0.220 e. The van der Waals surface area contributed by atoms with E-state index in [1.165, 1.54) is 12.0 Å². The van der Waals surface area contributed by atoms with Crippen LogP contribution in [0.2, 0.25) is 0 Å². The van der Waals surface area contributed by atoms with Gasteiger partial charge in [0.05, 0.1) is 0 Å². The predicted molar refractivity (Wildman–Crippen MR) is 92.9 cm³/mol. The normalized spacial score (nSPS) is 18.9. The number of rotatable bonds is 6. The number of nitrogens with one attached hydrogen (secondary N) is 2. The molecule has 2 atom stereocenters.